The van der Waals surface area contributed by atoms with E-state index in [4.69, 9.17) is 16.3 Å². The fraction of sp³-hybridized carbons (Fsp3) is 0.636. The van der Waals surface area contributed by atoms with E-state index < -0.39 is 0 Å². The summed E-state index contributed by atoms with van der Waals surface area (Å²) in [7, 11) is 0. The van der Waals surface area contributed by atoms with Crippen molar-refractivity contribution in [3.05, 3.63) is 17.0 Å². The first-order valence-corrected chi connectivity index (χ1v) is 6.02. The maximum Gasteiger partial charge on any atom is 0.137 e. The molecule has 1 aliphatic rings. The Bertz CT molecular complexity index is 351. The first-order valence-electron chi connectivity index (χ1n) is 5.65. The van der Waals surface area contributed by atoms with Gasteiger partial charge in [0.2, 0.25) is 0 Å². The molecule has 1 fully saturated rings. The molecule has 88 valence electrons. The van der Waals surface area contributed by atoms with Crippen molar-refractivity contribution in [1.29, 1.82) is 0 Å². The van der Waals surface area contributed by atoms with Crippen LogP contribution in [-0.2, 0) is 11.2 Å². The number of nitrogens with zero attached hydrogens (tertiary/aromatic N) is 3. The van der Waals surface area contributed by atoms with E-state index in [1.807, 2.05) is 0 Å². The Morgan fingerprint density at radius 3 is 3.06 bits per heavy atom. The van der Waals surface area contributed by atoms with Gasteiger partial charge in [-0.2, -0.15) is 0 Å². The number of anilines is 1. The van der Waals surface area contributed by atoms with Gasteiger partial charge in [0, 0.05) is 25.3 Å². The van der Waals surface area contributed by atoms with E-state index in [0.29, 0.717) is 5.15 Å². The Balaban J connectivity index is 2.27. The third-order valence-corrected chi connectivity index (χ3v) is 3.07. The fourth-order valence-electron chi connectivity index (χ4n) is 1.92. The highest BCUT2D eigenvalue weighted by molar-refractivity contribution is 6.30. The topological polar surface area (TPSA) is 38.2 Å². The summed E-state index contributed by atoms with van der Waals surface area (Å²) in [5, 5.41) is 0.567. The standard InChI is InChI=1S/C11H16ClN3O/c1-2-9-10(12)13-8-14-11(9)15-4-3-6-16-7-5-15/h8H,2-7H2,1H3. The van der Waals surface area contributed by atoms with Crippen LogP contribution in [-0.4, -0.2) is 36.3 Å². The summed E-state index contributed by atoms with van der Waals surface area (Å²) in [6.07, 6.45) is 3.42. The Labute approximate surface area is 101 Å². The predicted octanol–water partition coefficient (Wildman–Crippen LogP) is 1.92. The average molecular weight is 242 g/mol. The van der Waals surface area contributed by atoms with E-state index in [1.165, 1.54) is 6.33 Å². The van der Waals surface area contributed by atoms with Crippen molar-refractivity contribution in [2.75, 3.05) is 31.2 Å². The lowest BCUT2D eigenvalue weighted by molar-refractivity contribution is 0.152. The molecule has 0 aliphatic carbocycles. The Morgan fingerprint density at radius 1 is 1.38 bits per heavy atom. The monoisotopic (exact) mass is 241 g/mol. The van der Waals surface area contributed by atoms with Gasteiger partial charge in [-0.05, 0) is 12.8 Å². The molecule has 2 heterocycles. The van der Waals surface area contributed by atoms with Crippen molar-refractivity contribution >= 4 is 17.4 Å². The van der Waals surface area contributed by atoms with Crippen molar-refractivity contribution in [3.63, 3.8) is 0 Å². The number of hydrogen-bond donors (Lipinski definition) is 0. The SMILES string of the molecule is CCc1c(Cl)ncnc1N1CCCOCC1. The van der Waals surface area contributed by atoms with Crippen LogP contribution in [0.25, 0.3) is 0 Å². The van der Waals surface area contributed by atoms with Gasteiger partial charge in [0.15, 0.2) is 0 Å². The smallest absolute Gasteiger partial charge is 0.137 e. The molecule has 1 aliphatic heterocycles. The molecule has 1 aromatic rings. The quantitative estimate of drug-likeness (QED) is 0.742. The molecule has 5 heteroatoms. The Hall–Kier alpha value is -0.870. The lowest BCUT2D eigenvalue weighted by Gasteiger charge is -2.23. The van der Waals surface area contributed by atoms with Crippen LogP contribution in [0.15, 0.2) is 6.33 Å². The van der Waals surface area contributed by atoms with E-state index >= 15 is 0 Å². The van der Waals surface area contributed by atoms with Crippen LogP contribution in [0.4, 0.5) is 5.82 Å². The van der Waals surface area contributed by atoms with Crippen molar-refractivity contribution in [3.8, 4) is 0 Å². The maximum atomic E-state index is 6.08. The summed E-state index contributed by atoms with van der Waals surface area (Å²) in [5.41, 5.74) is 1.03. The van der Waals surface area contributed by atoms with Gasteiger partial charge in [0.05, 0.1) is 6.61 Å². The highest BCUT2D eigenvalue weighted by atomic mass is 35.5. The van der Waals surface area contributed by atoms with E-state index in [0.717, 1.165) is 50.5 Å². The van der Waals surface area contributed by atoms with Gasteiger partial charge in [0.1, 0.15) is 17.3 Å². The van der Waals surface area contributed by atoms with Gasteiger partial charge in [-0.3, -0.25) is 0 Å². The lowest BCUT2D eigenvalue weighted by atomic mass is 10.2. The summed E-state index contributed by atoms with van der Waals surface area (Å²) in [6.45, 7) is 5.50. The van der Waals surface area contributed by atoms with Crippen LogP contribution < -0.4 is 4.90 Å². The Kier molecular flexibility index (Phi) is 3.96. The molecule has 0 spiro atoms. The molecular weight excluding hydrogens is 226 g/mol. The lowest BCUT2D eigenvalue weighted by Crippen LogP contribution is -2.28. The van der Waals surface area contributed by atoms with Gasteiger partial charge >= 0.3 is 0 Å². The molecule has 1 saturated heterocycles. The summed E-state index contributed by atoms with van der Waals surface area (Å²) in [5.74, 6) is 0.966. The highest BCUT2D eigenvalue weighted by Crippen LogP contribution is 2.24. The largest absolute Gasteiger partial charge is 0.380 e. The van der Waals surface area contributed by atoms with E-state index in [-0.39, 0.29) is 0 Å². The number of hydrogen-bond acceptors (Lipinski definition) is 4. The predicted molar refractivity (Wildman–Crippen MR) is 64.1 cm³/mol. The number of rotatable bonds is 2. The summed E-state index contributed by atoms with van der Waals surface area (Å²) in [4.78, 5) is 10.6. The molecule has 0 atom stereocenters. The summed E-state index contributed by atoms with van der Waals surface area (Å²) < 4.78 is 5.43. The molecule has 0 saturated carbocycles. The van der Waals surface area contributed by atoms with Gasteiger partial charge in [-0.1, -0.05) is 18.5 Å². The molecule has 0 radical (unpaired) electrons. The van der Waals surface area contributed by atoms with Crippen molar-refractivity contribution in [2.24, 2.45) is 0 Å². The molecule has 0 bridgehead atoms. The number of ether oxygens (including phenoxy) is 1. The molecule has 0 aromatic carbocycles. The van der Waals surface area contributed by atoms with Gasteiger partial charge in [-0.15, -0.1) is 0 Å². The second-order valence-electron chi connectivity index (χ2n) is 3.77. The van der Waals surface area contributed by atoms with E-state index in [9.17, 15) is 0 Å². The summed E-state index contributed by atoms with van der Waals surface area (Å²) in [6, 6.07) is 0. The molecule has 1 aromatic heterocycles. The zero-order valence-corrected chi connectivity index (χ0v) is 10.2. The molecule has 4 nitrogen and oxygen atoms in total. The zero-order valence-electron chi connectivity index (χ0n) is 9.45. The second kappa shape index (κ2) is 5.46. The van der Waals surface area contributed by atoms with Crippen LogP contribution >= 0.6 is 11.6 Å². The Morgan fingerprint density at radius 2 is 2.25 bits per heavy atom. The second-order valence-corrected chi connectivity index (χ2v) is 4.13. The molecule has 2 rings (SSSR count). The maximum absolute atomic E-state index is 6.08. The van der Waals surface area contributed by atoms with Gasteiger partial charge < -0.3 is 9.64 Å². The minimum Gasteiger partial charge on any atom is -0.380 e. The van der Waals surface area contributed by atoms with Crippen LogP contribution in [0.1, 0.15) is 18.9 Å². The van der Waals surface area contributed by atoms with E-state index in [2.05, 4.69) is 21.8 Å². The molecular formula is C11H16ClN3O. The minimum atomic E-state index is 0.567. The molecule has 16 heavy (non-hydrogen) atoms. The summed E-state index contributed by atoms with van der Waals surface area (Å²) >= 11 is 6.08. The fourth-order valence-corrected chi connectivity index (χ4v) is 2.18. The first kappa shape index (κ1) is 11.6. The van der Waals surface area contributed by atoms with E-state index in [1.54, 1.807) is 0 Å². The third-order valence-electron chi connectivity index (χ3n) is 2.75. The van der Waals surface area contributed by atoms with Crippen molar-refractivity contribution in [2.45, 2.75) is 19.8 Å². The van der Waals surface area contributed by atoms with Crippen LogP contribution in [0, 0.1) is 0 Å². The highest BCUT2D eigenvalue weighted by Gasteiger charge is 2.16. The van der Waals surface area contributed by atoms with Gasteiger partial charge in [0.25, 0.3) is 0 Å². The van der Waals surface area contributed by atoms with Crippen LogP contribution in [0.2, 0.25) is 5.15 Å². The van der Waals surface area contributed by atoms with Crippen LogP contribution in [0.3, 0.4) is 0 Å². The van der Waals surface area contributed by atoms with Crippen molar-refractivity contribution < 1.29 is 4.74 Å². The first-order chi connectivity index (χ1) is 7.83. The molecule has 0 N–H and O–H groups in total. The van der Waals surface area contributed by atoms with Crippen LogP contribution in [0.5, 0.6) is 0 Å². The normalized spacial score (nSPS) is 17.2. The minimum absolute atomic E-state index is 0.567. The third kappa shape index (κ3) is 2.44. The van der Waals surface area contributed by atoms with Crippen molar-refractivity contribution in [1.82, 2.24) is 9.97 Å². The number of aromatic nitrogens is 2. The average Bonchev–Trinajstić information content (AvgIpc) is 2.57. The molecule has 0 amide bonds. The molecule has 0 unspecified atom stereocenters. The van der Waals surface area contributed by atoms with Gasteiger partial charge in [-0.25, -0.2) is 9.97 Å². The zero-order chi connectivity index (χ0) is 11.4. The number of halogens is 1.